The van der Waals surface area contributed by atoms with E-state index < -0.39 is 18.5 Å². The third kappa shape index (κ3) is 7.09. The summed E-state index contributed by atoms with van der Waals surface area (Å²) in [5, 5.41) is 2.79. The number of ether oxygens (including phenoxy) is 2. The average molecular weight is 410 g/mol. The van der Waals surface area contributed by atoms with E-state index in [1.807, 2.05) is 32.0 Å². The molecule has 7 nitrogen and oxygen atoms in total. The third-order valence-corrected chi connectivity index (χ3v) is 4.32. The zero-order chi connectivity index (χ0) is 22.1. The van der Waals surface area contributed by atoms with Gasteiger partial charge in [-0.25, -0.2) is 4.79 Å². The van der Waals surface area contributed by atoms with Crippen LogP contribution in [-0.4, -0.2) is 50.0 Å². The number of likely N-dealkylation sites (N-methyl/N-ethyl adjacent to an activating group) is 1. The normalized spacial score (nSPS) is 10.5. The molecule has 1 N–H and O–H groups in total. The molecule has 0 aromatic heterocycles. The van der Waals surface area contributed by atoms with Crippen LogP contribution >= 0.6 is 0 Å². The van der Waals surface area contributed by atoms with Gasteiger partial charge in [0.1, 0.15) is 5.75 Å². The predicted molar refractivity (Wildman–Crippen MR) is 115 cm³/mol. The third-order valence-electron chi connectivity index (χ3n) is 4.32. The van der Waals surface area contributed by atoms with Crippen molar-refractivity contribution in [2.24, 2.45) is 0 Å². The lowest BCUT2D eigenvalue weighted by molar-refractivity contribution is -0.148. The predicted octanol–water partition coefficient (Wildman–Crippen LogP) is 2.97. The molecule has 158 valence electrons. The maximum atomic E-state index is 12.2. The number of benzene rings is 2. The number of amides is 2. The van der Waals surface area contributed by atoms with Gasteiger partial charge in [-0.05, 0) is 54.8 Å². The van der Waals surface area contributed by atoms with Gasteiger partial charge in [0.05, 0.1) is 13.7 Å². The van der Waals surface area contributed by atoms with Crippen LogP contribution in [0.1, 0.15) is 16.7 Å². The van der Waals surface area contributed by atoms with Crippen molar-refractivity contribution in [1.82, 2.24) is 4.90 Å². The summed E-state index contributed by atoms with van der Waals surface area (Å²) in [6.07, 6.45) is 2.80. The highest BCUT2D eigenvalue weighted by molar-refractivity contribution is 5.95. The number of nitrogens with one attached hydrogen (secondary N) is 1. The zero-order valence-corrected chi connectivity index (χ0v) is 17.6. The molecule has 0 heterocycles. The van der Waals surface area contributed by atoms with E-state index in [9.17, 15) is 14.4 Å². The van der Waals surface area contributed by atoms with Gasteiger partial charge in [-0.2, -0.15) is 0 Å². The topological polar surface area (TPSA) is 84.9 Å². The van der Waals surface area contributed by atoms with Crippen LogP contribution in [0.15, 0.2) is 48.5 Å². The first-order valence-electron chi connectivity index (χ1n) is 9.38. The second-order valence-electron chi connectivity index (χ2n) is 6.83. The van der Waals surface area contributed by atoms with Crippen molar-refractivity contribution in [2.75, 3.05) is 32.6 Å². The Morgan fingerprint density at radius 2 is 1.87 bits per heavy atom. The van der Waals surface area contributed by atoms with Gasteiger partial charge in [0.2, 0.25) is 5.91 Å². The number of hydrogen-bond acceptors (Lipinski definition) is 5. The Labute approximate surface area is 176 Å². The molecule has 0 saturated heterocycles. The van der Waals surface area contributed by atoms with Crippen LogP contribution in [0.25, 0.3) is 6.08 Å². The number of carbonyl (C=O) groups is 3. The Morgan fingerprint density at radius 1 is 1.10 bits per heavy atom. The molecule has 2 rings (SSSR count). The molecule has 7 heteroatoms. The van der Waals surface area contributed by atoms with Crippen molar-refractivity contribution in [1.29, 1.82) is 0 Å². The summed E-state index contributed by atoms with van der Waals surface area (Å²) in [5.74, 6) is -0.793. The van der Waals surface area contributed by atoms with Crippen LogP contribution in [0.3, 0.4) is 0 Å². The maximum absolute atomic E-state index is 12.2. The Kier molecular flexibility index (Phi) is 8.17. The van der Waals surface area contributed by atoms with Gasteiger partial charge < -0.3 is 19.7 Å². The highest BCUT2D eigenvalue weighted by atomic mass is 16.5. The summed E-state index contributed by atoms with van der Waals surface area (Å²) in [4.78, 5) is 37.4. The number of nitrogens with zero attached hydrogens (tertiary/aromatic N) is 1. The van der Waals surface area contributed by atoms with E-state index in [4.69, 9.17) is 9.47 Å². The van der Waals surface area contributed by atoms with E-state index in [2.05, 4.69) is 5.32 Å². The summed E-state index contributed by atoms with van der Waals surface area (Å²) in [5.41, 5.74) is 3.42. The van der Waals surface area contributed by atoms with E-state index in [1.54, 1.807) is 37.5 Å². The number of hydrogen-bond donors (Lipinski definition) is 1. The van der Waals surface area contributed by atoms with Gasteiger partial charge in [0.15, 0.2) is 6.61 Å². The molecule has 2 amide bonds. The van der Waals surface area contributed by atoms with E-state index in [0.29, 0.717) is 11.4 Å². The Hall–Kier alpha value is -3.61. The highest BCUT2D eigenvalue weighted by Crippen LogP contribution is 2.16. The molecule has 0 bridgehead atoms. The standard InChI is InChI=1S/C23H26N2O5/c1-16-8-9-17(2)20(12-16)24-21(26)14-25(3)22(27)15-30-23(28)11-10-18-6-5-7-19(13-18)29-4/h5-13H,14-15H2,1-4H3,(H,24,26)/b11-10+. The van der Waals surface area contributed by atoms with E-state index in [-0.39, 0.29) is 12.5 Å². The second-order valence-corrected chi connectivity index (χ2v) is 6.83. The van der Waals surface area contributed by atoms with Gasteiger partial charge in [0.25, 0.3) is 5.91 Å². The molecule has 0 atom stereocenters. The van der Waals surface area contributed by atoms with E-state index in [0.717, 1.165) is 16.7 Å². The Bertz CT molecular complexity index is 952. The molecule has 0 fully saturated rings. The summed E-state index contributed by atoms with van der Waals surface area (Å²) in [7, 11) is 3.03. The molecule has 0 aliphatic heterocycles. The van der Waals surface area contributed by atoms with Crippen LogP contribution in [-0.2, 0) is 19.1 Å². The SMILES string of the molecule is COc1cccc(/C=C/C(=O)OCC(=O)N(C)CC(=O)Nc2cc(C)ccc2C)c1. The van der Waals surface area contributed by atoms with Crippen molar-refractivity contribution >= 4 is 29.5 Å². The molecule has 2 aromatic carbocycles. The minimum absolute atomic E-state index is 0.149. The molecular formula is C23H26N2O5. The van der Waals surface area contributed by atoms with Gasteiger partial charge >= 0.3 is 5.97 Å². The summed E-state index contributed by atoms with van der Waals surface area (Å²) >= 11 is 0. The molecule has 0 aliphatic rings. The molecule has 0 saturated carbocycles. The first-order chi connectivity index (χ1) is 14.3. The molecule has 0 spiro atoms. The monoisotopic (exact) mass is 410 g/mol. The quantitative estimate of drug-likeness (QED) is 0.534. The van der Waals surface area contributed by atoms with Crippen LogP contribution < -0.4 is 10.1 Å². The smallest absolute Gasteiger partial charge is 0.331 e. The largest absolute Gasteiger partial charge is 0.497 e. The summed E-state index contributed by atoms with van der Waals surface area (Å²) in [6.45, 7) is 3.22. The maximum Gasteiger partial charge on any atom is 0.331 e. The zero-order valence-electron chi connectivity index (χ0n) is 17.6. The fourth-order valence-corrected chi connectivity index (χ4v) is 2.56. The molecule has 2 aromatic rings. The van der Waals surface area contributed by atoms with Gasteiger partial charge in [-0.1, -0.05) is 24.3 Å². The van der Waals surface area contributed by atoms with Crippen LogP contribution in [0.4, 0.5) is 5.69 Å². The number of carbonyl (C=O) groups excluding carboxylic acids is 3. The Morgan fingerprint density at radius 3 is 2.60 bits per heavy atom. The van der Waals surface area contributed by atoms with Crippen LogP contribution in [0.5, 0.6) is 5.75 Å². The number of rotatable bonds is 8. The van der Waals surface area contributed by atoms with Gasteiger partial charge in [0, 0.05) is 18.8 Å². The van der Waals surface area contributed by atoms with E-state index in [1.165, 1.54) is 18.0 Å². The fraction of sp³-hybridized carbons (Fsp3) is 0.261. The lowest BCUT2D eigenvalue weighted by atomic mass is 10.1. The van der Waals surface area contributed by atoms with Gasteiger partial charge in [-0.3, -0.25) is 9.59 Å². The first kappa shape index (κ1) is 22.7. The summed E-state index contributed by atoms with van der Waals surface area (Å²) in [6, 6.07) is 12.9. The van der Waals surface area contributed by atoms with Gasteiger partial charge in [-0.15, -0.1) is 0 Å². The number of esters is 1. The number of anilines is 1. The fourth-order valence-electron chi connectivity index (χ4n) is 2.56. The van der Waals surface area contributed by atoms with Crippen molar-refractivity contribution in [3.8, 4) is 5.75 Å². The summed E-state index contributed by atoms with van der Waals surface area (Å²) < 4.78 is 10.1. The first-order valence-corrected chi connectivity index (χ1v) is 9.38. The number of methoxy groups -OCH3 is 1. The lowest BCUT2D eigenvalue weighted by Crippen LogP contribution is -2.37. The average Bonchev–Trinajstić information content (AvgIpc) is 2.73. The Balaban J connectivity index is 1.80. The molecule has 0 radical (unpaired) electrons. The van der Waals surface area contributed by atoms with Crippen LogP contribution in [0, 0.1) is 13.8 Å². The highest BCUT2D eigenvalue weighted by Gasteiger charge is 2.15. The minimum atomic E-state index is -0.653. The number of aryl methyl sites for hydroxylation is 2. The molecule has 30 heavy (non-hydrogen) atoms. The molecule has 0 unspecified atom stereocenters. The van der Waals surface area contributed by atoms with Crippen molar-refractivity contribution in [3.63, 3.8) is 0 Å². The van der Waals surface area contributed by atoms with Crippen molar-refractivity contribution in [3.05, 3.63) is 65.2 Å². The molecular weight excluding hydrogens is 384 g/mol. The van der Waals surface area contributed by atoms with Crippen LogP contribution in [0.2, 0.25) is 0 Å². The van der Waals surface area contributed by atoms with Crippen molar-refractivity contribution in [2.45, 2.75) is 13.8 Å². The lowest BCUT2D eigenvalue weighted by Gasteiger charge is -2.17. The molecule has 0 aliphatic carbocycles. The second kappa shape index (κ2) is 10.8. The van der Waals surface area contributed by atoms with E-state index >= 15 is 0 Å². The minimum Gasteiger partial charge on any atom is -0.497 e. The van der Waals surface area contributed by atoms with Crippen molar-refractivity contribution < 1.29 is 23.9 Å².